The van der Waals surface area contributed by atoms with Gasteiger partial charge in [-0.15, -0.1) is 0 Å². The largest absolute Gasteiger partial charge is 0.397 e. The zero-order chi connectivity index (χ0) is 33.4. The minimum absolute atomic E-state index is 0.0124. The van der Waals surface area contributed by atoms with E-state index in [-0.39, 0.29) is 24.5 Å². The Morgan fingerprint density at radius 2 is 1.34 bits per heavy atom. The fraction of sp³-hybridized carbons (Fsp3) is 0.425. The monoisotopic (exact) mass is 637 g/mol. The number of anilines is 2. The molecule has 1 amide bonds. The first kappa shape index (κ1) is 37.4. The van der Waals surface area contributed by atoms with Crippen LogP contribution in [0.3, 0.4) is 0 Å². The molecule has 0 spiro atoms. The zero-order valence-electron chi connectivity index (χ0n) is 28.4. The number of carbonyl (C=O) groups is 1. The topological polar surface area (TPSA) is 99.2 Å². The molecule has 7 heteroatoms. The van der Waals surface area contributed by atoms with Crippen molar-refractivity contribution in [3.63, 3.8) is 0 Å². The van der Waals surface area contributed by atoms with Gasteiger partial charge in [-0.3, -0.25) is 9.78 Å². The van der Waals surface area contributed by atoms with Gasteiger partial charge in [0, 0.05) is 42.7 Å². The minimum atomic E-state index is -0.186. The fourth-order valence-electron chi connectivity index (χ4n) is 5.73. The average molecular weight is 638 g/mol. The number of aliphatic hydroxyl groups is 1. The van der Waals surface area contributed by atoms with Crippen LogP contribution in [0.15, 0.2) is 103 Å². The lowest BCUT2D eigenvalue weighted by Crippen LogP contribution is -2.24. The molecule has 2 heterocycles. The number of pyridine rings is 2. The van der Waals surface area contributed by atoms with Crippen LogP contribution in [-0.2, 0) is 11.2 Å². The number of aliphatic hydroxyl groups excluding tert-OH is 1. The molecule has 0 saturated heterocycles. The minimum Gasteiger partial charge on any atom is -0.397 e. The van der Waals surface area contributed by atoms with Crippen molar-refractivity contribution in [3.05, 3.63) is 120 Å². The van der Waals surface area contributed by atoms with Crippen LogP contribution in [0, 0.1) is 0 Å². The van der Waals surface area contributed by atoms with Crippen molar-refractivity contribution < 1.29 is 9.90 Å². The van der Waals surface area contributed by atoms with Gasteiger partial charge < -0.3 is 21.1 Å². The Morgan fingerprint density at radius 1 is 0.723 bits per heavy atom. The van der Waals surface area contributed by atoms with Crippen molar-refractivity contribution in [3.8, 4) is 0 Å². The van der Waals surface area contributed by atoms with Crippen molar-refractivity contribution in [2.24, 2.45) is 0 Å². The highest BCUT2D eigenvalue weighted by Crippen LogP contribution is 2.38. The van der Waals surface area contributed by atoms with Gasteiger partial charge in [-0.25, -0.2) is 4.98 Å². The van der Waals surface area contributed by atoms with Crippen LogP contribution in [0.1, 0.15) is 100 Å². The molecule has 2 atom stereocenters. The molecule has 0 bridgehead atoms. The summed E-state index contributed by atoms with van der Waals surface area (Å²) >= 11 is 0. The number of hydrogen-bond donors (Lipinski definition) is 4. The molecular formula is C40H55N5O2. The van der Waals surface area contributed by atoms with E-state index < -0.39 is 0 Å². The molecule has 4 aromatic rings. The summed E-state index contributed by atoms with van der Waals surface area (Å²) in [5.74, 6) is 0.835. The van der Waals surface area contributed by atoms with Crippen LogP contribution >= 0.6 is 0 Å². The maximum Gasteiger partial charge on any atom is 0.224 e. The molecule has 2 unspecified atom stereocenters. The van der Waals surface area contributed by atoms with Gasteiger partial charge in [-0.05, 0) is 80.7 Å². The number of nitrogens with one attached hydrogen (secondary N) is 3. The molecule has 7 nitrogen and oxygen atoms in total. The molecule has 0 saturated carbocycles. The number of benzene rings is 2. The Morgan fingerprint density at radius 3 is 2.00 bits per heavy atom. The second-order valence-electron chi connectivity index (χ2n) is 11.8. The summed E-state index contributed by atoms with van der Waals surface area (Å²) in [5.41, 5.74) is 4.07. The molecule has 0 aliphatic rings. The first-order chi connectivity index (χ1) is 23.2. The Labute approximate surface area is 282 Å². The summed E-state index contributed by atoms with van der Waals surface area (Å²) in [6.07, 6.45) is 14.6. The number of unbranched alkanes of at least 4 members (excludes halogenated alkanes) is 7. The summed E-state index contributed by atoms with van der Waals surface area (Å²) < 4.78 is 0. The lowest BCUT2D eigenvalue weighted by Gasteiger charge is -2.30. The quantitative estimate of drug-likeness (QED) is 0.0724. The van der Waals surface area contributed by atoms with Crippen molar-refractivity contribution in [1.29, 1.82) is 0 Å². The van der Waals surface area contributed by atoms with E-state index in [4.69, 9.17) is 10.1 Å². The van der Waals surface area contributed by atoms with Gasteiger partial charge in [0.25, 0.3) is 0 Å². The number of rotatable bonds is 20. The standard InChI is InChI=1S/C38H49N5O.C2H6O/c1-2-39-27-17-8-6-4-3-5-7-12-26-37(44)42-35-24-14-13-22-32(35)38(43-36-25-16-19-29-41-36)33(34-23-15-18-28-40-34)30-31-20-10-9-11-21-31;1-2-3/h9-11,13-16,18-25,28-29,33,38-39H,2-8,12,17,26-27,30H2,1H3,(H,41,43)(H,42,44);3H,2H2,1H3. The van der Waals surface area contributed by atoms with E-state index in [1.54, 1.807) is 13.1 Å². The number of aromatic nitrogens is 2. The first-order valence-electron chi connectivity index (χ1n) is 17.5. The average Bonchev–Trinajstić information content (AvgIpc) is 3.11. The molecular weight excluding hydrogens is 582 g/mol. The third-order valence-electron chi connectivity index (χ3n) is 8.06. The molecule has 0 radical (unpaired) electrons. The molecule has 4 N–H and O–H groups in total. The SMILES string of the molecule is CCNCCCCCCCCCCC(=O)Nc1ccccc1C(Nc1ccccn1)C(Cc1ccccc1)c1ccccn1.CCO. The highest BCUT2D eigenvalue weighted by molar-refractivity contribution is 5.91. The summed E-state index contributed by atoms with van der Waals surface area (Å²) in [4.78, 5) is 22.6. The van der Waals surface area contributed by atoms with Gasteiger partial charge >= 0.3 is 0 Å². The van der Waals surface area contributed by atoms with E-state index in [9.17, 15) is 4.79 Å². The summed E-state index contributed by atoms with van der Waals surface area (Å²) in [6.45, 7) is 6.27. The summed E-state index contributed by atoms with van der Waals surface area (Å²) in [6, 6.07) is 30.4. The van der Waals surface area contributed by atoms with Crippen LogP contribution in [0.25, 0.3) is 0 Å². The maximum atomic E-state index is 13.2. The van der Waals surface area contributed by atoms with Crippen LogP contribution in [-0.4, -0.2) is 40.7 Å². The molecule has 2 aromatic carbocycles. The number of para-hydroxylation sites is 1. The van der Waals surface area contributed by atoms with Crippen molar-refractivity contribution in [1.82, 2.24) is 15.3 Å². The molecule has 252 valence electrons. The highest BCUT2D eigenvalue weighted by atomic mass is 16.2. The van der Waals surface area contributed by atoms with Crippen LogP contribution < -0.4 is 16.0 Å². The number of nitrogens with zero attached hydrogens (tertiary/aromatic N) is 2. The second kappa shape index (κ2) is 23.3. The van der Waals surface area contributed by atoms with E-state index in [0.29, 0.717) is 6.42 Å². The maximum absolute atomic E-state index is 13.2. The fourth-order valence-corrected chi connectivity index (χ4v) is 5.73. The van der Waals surface area contributed by atoms with Gasteiger partial charge in [0.2, 0.25) is 5.91 Å². The van der Waals surface area contributed by atoms with Crippen molar-refractivity contribution in [2.75, 3.05) is 30.3 Å². The van der Waals surface area contributed by atoms with E-state index >= 15 is 0 Å². The lowest BCUT2D eigenvalue weighted by atomic mass is 9.84. The molecule has 0 aliphatic heterocycles. The van der Waals surface area contributed by atoms with Crippen molar-refractivity contribution in [2.45, 2.75) is 90.0 Å². The Kier molecular flexibility index (Phi) is 18.5. The number of carbonyl (C=O) groups excluding carboxylic acids is 1. The van der Waals surface area contributed by atoms with E-state index in [1.165, 1.54) is 44.1 Å². The molecule has 0 fully saturated rings. The molecule has 0 aliphatic carbocycles. The van der Waals surface area contributed by atoms with Gasteiger partial charge in [0.15, 0.2) is 0 Å². The third-order valence-corrected chi connectivity index (χ3v) is 8.06. The van der Waals surface area contributed by atoms with Gasteiger partial charge in [-0.1, -0.05) is 106 Å². The third kappa shape index (κ3) is 14.5. The Bertz CT molecular complexity index is 1350. The van der Waals surface area contributed by atoms with E-state index in [2.05, 4.69) is 64.3 Å². The van der Waals surface area contributed by atoms with Crippen molar-refractivity contribution >= 4 is 17.4 Å². The molecule has 2 aromatic heterocycles. The Balaban J connectivity index is 0.00000192. The first-order valence-corrected chi connectivity index (χ1v) is 17.5. The lowest BCUT2D eigenvalue weighted by molar-refractivity contribution is -0.116. The highest BCUT2D eigenvalue weighted by Gasteiger charge is 2.29. The second-order valence-corrected chi connectivity index (χ2v) is 11.8. The van der Waals surface area contributed by atoms with Crippen LogP contribution in [0.2, 0.25) is 0 Å². The normalized spacial score (nSPS) is 12.0. The Hall–Kier alpha value is -4.07. The van der Waals surface area contributed by atoms with Gasteiger partial charge in [0.1, 0.15) is 5.82 Å². The van der Waals surface area contributed by atoms with Gasteiger partial charge in [-0.2, -0.15) is 0 Å². The number of hydrogen-bond acceptors (Lipinski definition) is 6. The van der Waals surface area contributed by atoms with Crippen LogP contribution in [0.4, 0.5) is 11.5 Å². The summed E-state index contributed by atoms with van der Waals surface area (Å²) in [7, 11) is 0. The summed E-state index contributed by atoms with van der Waals surface area (Å²) in [5, 5.41) is 17.9. The van der Waals surface area contributed by atoms with E-state index in [1.807, 2.05) is 60.8 Å². The predicted octanol–water partition coefficient (Wildman–Crippen LogP) is 8.71. The zero-order valence-corrected chi connectivity index (χ0v) is 28.4. The molecule has 4 rings (SSSR count). The molecule has 47 heavy (non-hydrogen) atoms. The smallest absolute Gasteiger partial charge is 0.224 e. The van der Waals surface area contributed by atoms with Crippen LogP contribution in [0.5, 0.6) is 0 Å². The van der Waals surface area contributed by atoms with E-state index in [0.717, 1.165) is 55.1 Å². The number of amides is 1. The van der Waals surface area contributed by atoms with Gasteiger partial charge in [0.05, 0.1) is 6.04 Å². The predicted molar refractivity (Wildman–Crippen MR) is 196 cm³/mol.